The van der Waals surface area contributed by atoms with E-state index >= 15 is 0 Å². The monoisotopic (exact) mass is 317 g/mol. The molecule has 0 unspecified atom stereocenters. The minimum absolute atomic E-state index is 0.149. The van der Waals surface area contributed by atoms with Crippen LogP contribution in [0.4, 0.5) is 0 Å². The largest absolute Gasteiger partial charge is 0.331 e. The SMILES string of the molecule is Cn1c(CC(=O)N/N=C/c2ccc(C#N)cc2)nc2ccccc21. The lowest BCUT2D eigenvalue weighted by atomic mass is 10.2. The maximum atomic E-state index is 12.0. The number of aromatic nitrogens is 2. The Kier molecular flexibility index (Phi) is 4.34. The van der Waals surface area contributed by atoms with E-state index in [4.69, 9.17) is 5.26 Å². The van der Waals surface area contributed by atoms with E-state index in [2.05, 4.69) is 15.5 Å². The van der Waals surface area contributed by atoms with Crippen molar-refractivity contribution in [3.63, 3.8) is 0 Å². The Labute approximate surface area is 139 Å². The van der Waals surface area contributed by atoms with Gasteiger partial charge in [0.1, 0.15) is 5.82 Å². The van der Waals surface area contributed by atoms with Crippen LogP contribution in [0.1, 0.15) is 17.0 Å². The number of aryl methyl sites for hydroxylation is 1. The number of benzene rings is 2. The first-order valence-electron chi connectivity index (χ1n) is 7.40. The third-order valence-electron chi connectivity index (χ3n) is 3.64. The van der Waals surface area contributed by atoms with Crippen LogP contribution >= 0.6 is 0 Å². The second-order valence-corrected chi connectivity index (χ2v) is 5.28. The topological polar surface area (TPSA) is 83.1 Å². The van der Waals surface area contributed by atoms with Crippen LogP contribution in [0.15, 0.2) is 53.6 Å². The number of amides is 1. The van der Waals surface area contributed by atoms with E-state index in [1.54, 1.807) is 24.3 Å². The molecule has 0 saturated carbocycles. The normalized spacial score (nSPS) is 10.8. The molecule has 0 radical (unpaired) electrons. The van der Waals surface area contributed by atoms with Crippen LogP contribution in [-0.4, -0.2) is 21.7 Å². The molecule has 3 rings (SSSR count). The van der Waals surface area contributed by atoms with E-state index in [1.807, 2.05) is 41.9 Å². The number of rotatable bonds is 4. The number of hydrogen-bond acceptors (Lipinski definition) is 4. The zero-order valence-electron chi connectivity index (χ0n) is 13.1. The molecule has 0 spiro atoms. The van der Waals surface area contributed by atoms with E-state index in [0.717, 1.165) is 16.6 Å². The molecule has 0 aliphatic rings. The minimum atomic E-state index is -0.238. The molecule has 0 fully saturated rings. The summed E-state index contributed by atoms with van der Waals surface area (Å²) >= 11 is 0. The fourth-order valence-corrected chi connectivity index (χ4v) is 2.36. The van der Waals surface area contributed by atoms with E-state index in [9.17, 15) is 4.79 Å². The summed E-state index contributed by atoms with van der Waals surface area (Å²) in [5.74, 6) is 0.445. The van der Waals surface area contributed by atoms with Gasteiger partial charge in [-0.3, -0.25) is 4.79 Å². The molecular formula is C18H15N5O. The number of para-hydroxylation sites is 2. The average Bonchev–Trinajstić information content (AvgIpc) is 2.92. The fourth-order valence-electron chi connectivity index (χ4n) is 2.36. The predicted molar refractivity (Wildman–Crippen MR) is 91.3 cm³/mol. The zero-order valence-corrected chi connectivity index (χ0v) is 13.1. The van der Waals surface area contributed by atoms with Gasteiger partial charge < -0.3 is 4.57 Å². The van der Waals surface area contributed by atoms with Crippen molar-refractivity contribution in [2.45, 2.75) is 6.42 Å². The molecule has 2 aromatic carbocycles. The summed E-state index contributed by atoms with van der Waals surface area (Å²) in [4.78, 5) is 16.5. The van der Waals surface area contributed by atoms with Crippen LogP contribution in [-0.2, 0) is 18.3 Å². The summed E-state index contributed by atoms with van der Waals surface area (Å²) in [5, 5.41) is 12.7. The molecular weight excluding hydrogens is 302 g/mol. The Morgan fingerprint density at radius 2 is 2.04 bits per heavy atom. The second-order valence-electron chi connectivity index (χ2n) is 5.28. The third kappa shape index (κ3) is 3.31. The lowest BCUT2D eigenvalue weighted by Gasteiger charge is -2.01. The van der Waals surface area contributed by atoms with Crippen LogP contribution in [0.5, 0.6) is 0 Å². The molecule has 1 aromatic heterocycles. The highest BCUT2D eigenvalue weighted by Gasteiger charge is 2.10. The highest BCUT2D eigenvalue weighted by molar-refractivity contribution is 5.84. The summed E-state index contributed by atoms with van der Waals surface area (Å²) in [6.45, 7) is 0. The van der Waals surface area contributed by atoms with Crippen molar-refractivity contribution in [2.75, 3.05) is 0 Å². The van der Waals surface area contributed by atoms with Crippen molar-refractivity contribution in [1.82, 2.24) is 15.0 Å². The zero-order chi connectivity index (χ0) is 16.9. The third-order valence-corrected chi connectivity index (χ3v) is 3.64. The van der Waals surface area contributed by atoms with Gasteiger partial charge in [0.2, 0.25) is 5.91 Å². The summed E-state index contributed by atoms with van der Waals surface area (Å²) in [6, 6.07) is 16.7. The Morgan fingerprint density at radius 3 is 2.75 bits per heavy atom. The van der Waals surface area contributed by atoms with Crippen LogP contribution in [0.2, 0.25) is 0 Å². The lowest BCUT2D eigenvalue weighted by molar-refractivity contribution is -0.120. The average molecular weight is 317 g/mol. The van der Waals surface area contributed by atoms with Crippen LogP contribution in [0.25, 0.3) is 11.0 Å². The smallest absolute Gasteiger partial charge is 0.247 e. The number of nitriles is 1. The standard InChI is InChI=1S/C18H15N5O/c1-23-16-5-3-2-4-15(16)21-17(23)10-18(24)22-20-12-14-8-6-13(11-19)7-9-14/h2-9,12H,10H2,1H3,(H,22,24)/b20-12+. The van der Waals surface area contributed by atoms with E-state index in [1.165, 1.54) is 6.21 Å². The minimum Gasteiger partial charge on any atom is -0.331 e. The Morgan fingerprint density at radius 1 is 1.29 bits per heavy atom. The van der Waals surface area contributed by atoms with Crippen molar-refractivity contribution in [3.8, 4) is 6.07 Å². The summed E-state index contributed by atoms with van der Waals surface area (Å²) in [6.07, 6.45) is 1.68. The maximum absolute atomic E-state index is 12.0. The number of nitrogens with zero attached hydrogens (tertiary/aromatic N) is 4. The van der Waals surface area contributed by atoms with Crippen molar-refractivity contribution < 1.29 is 4.79 Å². The fraction of sp³-hybridized carbons (Fsp3) is 0.111. The van der Waals surface area contributed by atoms with Gasteiger partial charge in [0.15, 0.2) is 0 Å². The molecule has 1 heterocycles. The highest BCUT2D eigenvalue weighted by atomic mass is 16.2. The summed E-state index contributed by atoms with van der Waals surface area (Å²) in [5.41, 5.74) is 5.73. The van der Waals surface area contributed by atoms with Gasteiger partial charge in [-0.05, 0) is 29.8 Å². The first-order chi connectivity index (χ1) is 11.7. The van der Waals surface area contributed by atoms with Crippen LogP contribution in [0, 0.1) is 11.3 Å². The molecule has 0 saturated heterocycles. The van der Waals surface area contributed by atoms with Gasteiger partial charge >= 0.3 is 0 Å². The Bertz CT molecular complexity index is 948. The molecule has 3 aromatic rings. The first-order valence-corrected chi connectivity index (χ1v) is 7.40. The molecule has 24 heavy (non-hydrogen) atoms. The van der Waals surface area contributed by atoms with Gasteiger partial charge in [-0.25, -0.2) is 10.4 Å². The highest BCUT2D eigenvalue weighted by Crippen LogP contribution is 2.14. The van der Waals surface area contributed by atoms with Gasteiger partial charge in [-0.1, -0.05) is 24.3 Å². The molecule has 6 heteroatoms. The number of nitrogens with one attached hydrogen (secondary N) is 1. The number of hydrogen-bond donors (Lipinski definition) is 1. The molecule has 0 atom stereocenters. The quantitative estimate of drug-likeness (QED) is 0.591. The summed E-state index contributed by atoms with van der Waals surface area (Å²) < 4.78 is 1.90. The Balaban J connectivity index is 1.63. The maximum Gasteiger partial charge on any atom is 0.247 e. The van der Waals surface area contributed by atoms with Gasteiger partial charge in [0, 0.05) is 7.05 Å². The number of fused-ring (bicyclic) bond motifs is 1. The number of hydrazone groups is 1. The van der Waals surface area contributed by atoms with E-state index in [0.29, 0.717) is 11.4 Å². The van der Waals surface area contributed by atoms with Crippen molar-refractivity contribution >= 4 is 23.2 Å². The molecule has 1 N–H and O–H groups in total. The molecule has 0 aliphatic heterocycles. The second kappa shape index (κ2) is 6.75. The number of carbonyl (C=O) groups is 1. The number of imidazole rings is 1. The van der Waals surface area contributed by atoms with Crippen molar-refractivity contribution in [3.05, 3.63) is 65.5 Å². The lowest BCUT2D eigenvalue weighted by Crippen LogP contribution is -2.21. The molecule has 6 nitrogen and oxygen atoms in total. The van der Waals surface area contributed by atoms with E-state index in [-0.39, 0.29) is 12.3 Å². The first kappa shape index (κ1) is 15.4. The van der Waals surface area contributed by atoms with Gasteiger partial charge in [-0.15, -0.1) is 0 Å². The summed E-state index contributed by atoms with van der Waals surface area (Å²) in [7, 11) is 1.89. The Hall–Kier alpha value is -3.46. The van der Waals surface area contributed by atoms with Crippen molar-refractivity contribution in [2.24, 2.45) is 12.1 Å². The number of carbonyl (C=O) groups excluding carboxylic acids is 1. The van der Waals surface area contributed by atoms with E-state index < -0.39 is 0 Å². The molecule has 118 valence electrons. The van der Waals surface area contributed by atoms with Crippen LogP contribution in [0.3, 0.4) is 0 Å². The van der Waals surface area contributed by atoms with Crippen LogP contribution < -0.4 is 5.43 Å². The van der Waals surface area contributed by atoms with Crippen molar-refractivity contribution in [1.29, 1.82) is 5.26 Å². The van der Waals surface area contributed by atoms with Gasteiger partial charge in [-0.2, -0.15) is 10.4 Å². The molecule has 0 bridgehead atoms. The predicted octanol–water partition coefficient (Wildman–Crippen LogP) is 2.14. The van der Waals surface area contributed by atoms with Gasteiger partial charge in [0.05, 0.1) is 35.3 Å². The molecule has 0 aliphatic carbocycles. The molecule has 1 amide bonds. The van der Waals surface area contributed by atoms with Gasteiger partial charge in [0.25, 0.3) is 0 Å².